The number of nitrogens with zero attached hydrogens (tertiary/aromatic N) is 1. The van der Waals surface area contributed by atoms with Crippen molar-refractivity contribution in [3.63, 3.8) is 0 Å². The first-order chi connectivity index (χ1) is 14.0. The normalized spacial score (nSPS) is 13.5. The highest BCUT2D eigenvalue weighted by atomic mass is 32.1. The molecule has 0 atom stereocenters. The van der Waals surface area contributed by atoms with Gasteiger partial charge in [0.15, 0.2) is 5.11 Å². The van der Waals surface area contributed by atoms with Gasteiger partial charge in [-0.25, -0.2) is 4.79 Å². The van der Waals surface area contributed by atoms with Gasteiger partial charge >= 0.3 is 5.97 Å². The summed E-state index contributed by atoms with van der Waals surface area (Å²) < 4.78 is 10.2. The topological polar surface area (TPSA) is 79.9 Å². The van der Waals surface area contributed by atoms with Gasteiger partial charge in [-0.15, -0.1) is 0 Å². The number of methoxy groups -OCH3 is 1. The molecule has 0 radical (unpaired) electrons. The summed E-state index contributed by atoms with van der Waals surface area (Å²) in [7, 11) is 1.33. The van der Waals surface area contributed by atoms with Crippen LogP contribution in [0.15, 0.2) is 42.5 Å². The van der Waals surface area contributed by atoms with Crippen LogP contribution in [0.4, 0.5) is 11.4 Å². The quantitative estimate of drug-likeness (QED) is 0.589. The molecule has 1 saturated heterocycles. The minimum atomic E-state index is -0.448. The molecule has 0 saturated carbocycles. The fraction of sp³-hybridized carbons (Fsp3) is 0.286. The Morgan fingerprint density at radius 1 is 1.14 bits per heavy atom. The number of amides is 1. The maximum absolute atomic E-state index is 12.5. The van der Waals surface area contributed by atoms with Crippen LogP contribution in [-0.2, 0) is 9.47 Å². The van der Waals surface area contributed by atoms with Gasteiger partial charge in [0.2, 0.25) is 0 Å². The highest BCUT2D eigenvalue weighted by Gasteiger charge is 2.19. The molecule has 1 fully saturated rings. The number of esters is 1. The summed E-state index contributed by atoms with van der Waals surface area (Å²) in [4.78, 5) is 26.6. The van der Waals surface area contributed by atoms with E-state index in [4.69, 9.17) is 21.7 Å². The van der Waals surface area contributed by atoms with Crippen LogP contribution in [0.1, 0.15) is 26.3 Å². The molecule has 2 aromatic carbocycles. The molecule has 1 heterocycles. The highest BCUT2D eigenvalue weighted by Crippen LogP contribution is 2.28. The summed E-state index contributed by atoms with van der Waals surface area (Å²) >= 11 is 5.35. The first kappa shape index (κ1) is 20.8. The van der Waals surface area contributed by atoms with E-state index in [-0.39, 0.29) is 11.0 Å². The van der Waals surface area contributed by atoms with Crippen LogP contribution in [0.5, 0.6) is 0 Å². The van der Waals surface area contributed by atoms with E-state index >= 15 is 0 Å². The van der Waals surface area contributed by atoms with Gasteiger partial charge in [-0.05, 0) is 49.0 Å². The number of rotatable bonds is 4. The number of benzene rings is 2. The summed E-state index contributed by atoms with van der Waals surface area (Å²) in [6.07, 6.45) is 0. The maximum atomic E-state index is 12.5. The number of carbonyl (C=O) groups is 2. The molecule has 29 heavy (non-hydrogen) atoms. The molecule has 8 heteroatoms. The van der Waals surface area contributed by atoms with Gasteiger partial charge in [-0.1, -0.05) is 18.2 Å². The summed E-state index contributed by atoms with van der Waals surface area (Å²) in [5.74, 6) is -0.742. The molecule has 0 unspecified atom stereocenters. The first-order valence-electron chi connectivity index (χ1n) is 9.22. The van der Waals surface area contributed by atoms with E-state index in [0.717, 1.165) is 11.3 Å². The Kier molecular flexibility index (Phi) is 6.79. The number of carbonyl (C=O) groups excluding carboxylic acids is 2. The van der Waals surface area contributed by atoms with E-state index in [1.807, 2.05) is 25.1 Å². The SMILES string of the molecule is COC(=O)c1ccc(N2CCOCC2)c(NC(=S)NC(=O)c2ccccc2C)c1. The molecule has 0 aliphatic carbocycles. The first-order valence-corrected chi connectivity index (χ1v) is 9.63. The molecule has 3 rings (SSSR count). The Labute approximate surface area is 175 Å². The molecule has 2 aromatic rings. The van der Waals surface area contributed by atoms with Crippen LogP contribution in [0.25, 0.3) is 0 Å². The Morgan fingerprint density at radius 3 is 2.55 bits per heavy atom. The molecule has 0 bridgehead atoms. The fourth-order valence-corrected chi connectivity index (χ4v) is 3.32. The standard InChI is InChI=1S/C21H23N3O4S/c1-14-5-3-4-6-16(14)19(25)23-21(29)22-17-13-15(20(26)27-2)7-8-18(17)24-9-11-28-12-10-24/h3-8,13H,9-12H2,1-2H3,(H2,22,23,25,29). The van der Waals surface area contributed by atoms with Gasteiger partial charge in [0.05, 0.1) is 37.3 Å². The molecular formula is C21H23N3O4S. The molecule has 152 valence electrons. The van der Waals surface area contributed by atoms with Crippen molar-refractivity contribution in [2.24, 2.45) is 0 Å². The van der Waals surface area contributed by atoms with E-state index in [1.54, 1.807) is 24.3 Å². The smallest absolute Gasteiger partial charge is 0.337 e. The zero-order valence-corrected chi connectivity index (χ0v) is 17.2. The minimum Gasteiger partial charge on any atom is -0.465 e. The van der Waals surface area contributed by atoms with E-state index in [0.29, 0.717) is 43.1 Å². The lowest BCUT2D eigenvalue weighted by Crippen LogP contribution is -2.38. The van der Waals surface area contributed by atoms with Crippen LogP contribution in [-0.4, -0.2) is 50.4 Å². The lowest BCUT2D eigenvalue weighted by Gasteiger charge is -2.31. The fourth-order valence-electron chi connectivity index (χ4n) is 3.11. The second kappa shape index (κ2) is 9.49. The third-order valence-electron chi connectivity index (χ3n) is 4.63. The zero-order chi connectivity index (χ0) is 20.8. The van der Waals surface area contributed by atoms with Crippen molar-refractivity contribution in [2.45, 2.75) is 6.92 Å². The summed E-state index contributed by atoms with van der Waals surface area (Å²) in [5, 5.41) is 5.90. The number of nitrogens with one attached hydrogen (secondary N) is 2. The average Bonchev–Trinajstić information content (AvgIpc) is 2.74. The Bertz CT molecular complexity index is 926. The minimum absolute atomic E-state index is 0.148. The molecule has 2 N–H and O–H groups in total. The summed E-state index contributed by atoms with van der Waals surface area (Å²) in [6, 6.07) is 12.5. The molecule has 1 aliphatic heterocycles. The van der Waals surface area contributed by atoms with Crippen LogP contribution in [0.2, 0.25) is 0 Å². The molecule has 0 aromatic heterocycles. The van der Waals surface area contributed by atoms with Crippen molar-refractivity contribution < 1.29 is 19.1 Å². The van der Waals surface area contributed by atoms with Crippen molar-refractivity contribution in [2.75, 3.05) is 43.6 Å². The zero-order valence-electron chi connectivity index (χ0n) is 16.4. The van der Waals surface area contributed by atoms with Crippen molar-refractivity contribution in [1.29, 1.82) is 0 Å². The van der Waals surface area contributed by atoms with Crippen molar-refractivity contribution in [3.8, 4) is 0 Å². The van der Waals surface area contributed by atoms with Gasteiger partial charge in [-0.3, -0.25) is 10.1 Å². The number of morpholine rings is 1. The van der Waals surface area contributed by atoms with E-state index in [2.05, 4.69) is 15.5 Å². The average molecular weight is 413 g/mol. The Hall–Kier alpha value is -2.97. The summed E-state index contributed by atoms with van der Waals surface area (Å²) in [6.45, 7) is 4.53. The number of anilines is 2. The third-order valence-corrected chi connectivity index (χ3v) is 4.84. The van der Waals surface area contributed by atoms with Gasteiger partial charge in [0.25, 0.3) is 5.91 Å². The van der Waals surface area contributed by atoms with Crippen LogP contribution in [0.3, 0.4) is 0 Å². The van der Waals surface area contributed by atoms with Gasteiger partial charge in [-0.2, -0.15) is 0 Å². The number of hydrogen-bond donors (Lipinski definition) is 2. The van der Waals surface area contributed by atoms with E-state index in [1.165, 1.54) is 7.11 Å². The maximum Gasteiger partial charge on any atom is 0.337 e. The van der Waals surface area contributed by atoms with Gasteiger partial charge in [0.1, 0.15) is 0 Å². The second-order valence-corrected chi connectivity index (χ2v) is 6.95. The van der Waals surface area contributed by atoms with Gasteiger partial charge < -0.3 is 19.7 Å². The van der Waals surface area contributed by atoms with Crippen molar-refractivity contribution >= 4 is 40.6 Å². The van der Waals surface area contributed by atoms with Crippen molar-refractivity contribution in [3.05, 3.63) is 59.2 Å². The predicted molar refractivity (Wildman–Crippen MR) is 116 cm³/mol. The Morgan fingerprint density at radius 2 is 1.86 bits per heavy atom. The number of hydrogen-bond acceptors (Lipinski definition) is 6. The predicted octanol–water partition coefficient (Wildman–Crippen LogP) is 2.75. The Balaban J connectivity index is 1.81. The van der Waals surface area contributed by atoms with Crippen LogP contribution in [0, 0.1) is 6.92 Å². The van der Waals surface area contributed by atoms with Crippen LogP contribution >= 0.6 is 12.2 Å². The number of aryl methyl sites for hydroxylation is 1. The molecule has 1 aliphatic rings. The third kappa shape index (κ3) is 5.10. The van der Waals surface area contributed by atoms with Crippen molar-refractivity contribution in [1.82, 2.24) is 5.32 Å². The highest BCUT2D eigenvalue weighted by molar-refractivity contribution is 7.80. The molecule has 0 spiro atoms. The molecule has 7 nitrogen and oxygen atoms in total. The largest absolute Gasteiger partial charge is 0.465 e. The molecule has 1 amide bonds. The van der Waals surface area contributed by atoms with E-state index < -0.39 is 5.97 Å². The monoisotopic (exact) mass is 413 g/mol. The summed E-state index contributed by atoms with van der Waals surface area (Å²) in [5.41, 5.74) is 3.28. The lowest BCUT2D eigenvalue weighted by molar-refractivity contribution is 0.0600. The second-order valence-electron chi connectivity index (χ2n) is 6.55. The van der Waals surface area contributed by atoms with Gasteiger partial charge in [0, 0.05) is 18.7 Å². The number of ether oxygens (including phenoxy) is 2. The van der Waals surface area contributed by atoms with Crippen LogP contribution < -0.4 is 15.5 Å². The molecular weight excluding hydrogens is 390 g/mol. The number of thiocarbonyl (C=S) groups is 1. The lowest BCUT2D eigenvalue weighted by atomic mass is 10.1. The van der Waals surface area contributed by atoms with E-state index in [9.17, 15) is 9.59 Å².